The number of nitrogens with zero attached hydrogens (tertiary/aromatic N) is 2. The maximum atomic E-state index is 12.5. The van der Waals surface area contributed by atoms with Crippen molar-refractivity contribution in [1.29, 1.82) is 0 Å². The first-order valence-corrected chi connectivity index (χ1v) is 11.4. The molecule has 1 saturated heterocycles. The van der Waals surface area contributed by atoms with Crippen LogP contribution in [-0.4, -0.2) is 34.6 Å². The molecule has 0 radical (unpaired) electrons. The van der Waals surface area contributed by atoms with Gasteiger partial charge in [-0.1, -0.05) is 36.0 Å². The number of thiazole rings is 1. The van der Waals surface area contributed by atoms with Crippen LogP contribution in [-0.2, 0) is 10.5 Å². The Morgan fingerprint density at radius 3 is 2.93 bits per heavy atom. The molecule has 30 heavy (non-hydrogen) atoms. The third-order valence-corrected chi connectivity index (χ3v) is 7.07. The lowest BCUT2D eigenvalue weighted by Gasteiger charge is -2.10. The van der Waals surface area contributed by atoms with Gasteiger partial charge in [-0.25, -0.2) is 4.98 Å². The number of hydrogen-bond donors (Lipinski definition) is 1. The first kappa shape index (κ1) is 20.6. The Morgan fingerprint density at radius 1 is 1.33 bits per heavy atom. The number of aromatic nitrogens is 1. The molecule has 1 aliphatic heterocycles. The molecule has 8 heteroatoms. The quantitative estimate of drug-likeness (QED) is 0.239. The lowest BCUT2D eigenvalue weighted by molar-refractivity contribution is -0.122. The highest BCUT2D eigenvalue weighted by molar-refractivity contribution is 8.00. The number of nitrogens with one attached hydrogen (secondary N) is 1. The number of carbonyl (C=O) groups excluding carboxylic acids is 1. The number of thioether (sulfide) groups is 1. The minimum absolute atomic E-state index is 0.152. The number of fused-ring (bicyclic) bond motifs is 1. The second kappa shape index (κ2) is 8.99. The summed E-state index contributed by atoms with van der Waals surface area (Å²) in [5.74, 6) is 1.36. The number of benzene rings is 2. The van der Waals surface area contributed by atoms with Crippen molar-refractivity contribution in [1.82, 2.24) is 15.2 Å². The summed E-state index contributed by atoms with van der Waals surface area (Å²) in [5, 5.41) is 3.38. The van der Waals surface area contributed by atoms with Crippen LogP contribution in [0.1, 0.15) is 11.1 Å². The van der Waals surface area contributed by atoms with Gasteiger partial charge in [0.15, 0.2) is 9.45 Å². The Balaban J connectivity index is 1.55. The molecule has 152 valence electrons. The number of amides is 1. The van der Waals surface area contributed by atoms with Crippen LogP contribution in [0.25, 0.3) is 16.3 Å². The maximum Gasteiger partial charge on any atom is 0.276 e. The molecule has 0 unspecified atom stereocenters. The van der Waals surface area contributed by atoms with Crippen LogP contribution in [0, 0.1) is 0 Å². The van der Waals surface area contributed by atoms with Gasteiger partial charge in [-0.05, 0) is 48.1 Å². The van der Waals surface area contributed by atoms with Gasteiger partial charge in [-0.3, -0.25) is 9.69 Å². The Bertz CT molecular complexity index is 1140. The Hall–Kier alpha value is -2.68. The Kier molecular flexibility index (Phi) is 6.17. The van der Waals surface area contributed by atoms with E-state index >= 15 is 0 Å². The summed E-state index contributed by atoms with van der Waals surface area (Å²) in [6.45, 7) is 4.05. The fourth-order valence-corrected chi connectivity index (χ4v) is 5.40. The first-order valence-electron chi connectivity index (χ1n) is 9.20. The minimum Gasteiger partial charge on any atom is -0.496 e. The highest BCUT2D eigenvalue weighted by Gasteiger charge is 2.29. The highest BCUT2D eigenvalue weighted by atomic mass is 32.2. The predicted molar refractivity (Wildman–Crippen MR) is 128 cm³/mol. The van der Waals surface area contributed by atoms with Crippen molar-refractivity contribution in [2.45, 2.75) is 10.1 Å². The number of para-hydroxylation sites is 1. The van der Waals surface area contributed by atoms with Crippen LogP contribution in [0.3, 0.4) is 0 Å². The second-order valence-electron chi connectivity index (χ2n) is 6.50. The monoisotopic (exact) mass is 453 g/mol. The van der Waals surface area contributed by atoms with Gasteiger partial charge in [-0.15, -0.1) is 17.9 Å². The lowest BCUT2D eigenvalue weighted by atomic mass is 10.1. The fourth-order valence-electron chi connectivity index (χ4n) is 3.09. The van der Waals surface area contributed by atoms with Gasteiger partial charge >= 0.3 is 0 Å². The molecule has 5 nitrogen and oxygen atoms in total. The SMILES string of the molecule is C=CCN1C(=O)/C(=C\c2ccc(OC)c(CSc3nc4ccccc4s3)c2)NC1=S. The highest BCUT2D eigenvalue weighted by Crippen LogP contribution is 2.34. The van der Waals surface area contributed by atoms with Gasteiger partial charge < -0.3 is 10.1 Å². The summed E-state index contributed by atoms with van der Waals surface area (Å²) < 4.78 is 7.72. The second-order valence-corrected chi connectivity index (χ2v) is 9.14. The molecule has 0 spiro atoms. The van der Waals surface area contributed by atoms with Crippen LogP contribution in [0.5, 0.6) is 5.75 Å². The summed E-state index contributed by atoms with van der Waals surface area (Å²) in [7, 11) is 1.66. The molecule has 3 aromatic rings. The molecule has 2 aromatic carbocycles. The summed E-state index contributed by atoms with van der Waals surface area (Å²) in [5.41, 5.74) is 3.40. The van der Waals surface area contributed by atoms with Gasteiger partial charge in [0.25, 0.3) is 5.91 Å². The molecule has 0 aliphatic carbocycles. The van der Waals surface area contributed by atoms with E-state index in [1.807, 2.05) is 42.5 Å². The van der Waals surface area contributed by atoms with Crippen molar-refractivity contribution in [3.63, 3.8) is 0 Å². The predicted octanol–water partition coefficient (Wildman–Crippen LogP) is 4.84. The van der Waals surface area contributed by atoms with Crippen molar-refractivity contribution >= 4 is 62.6 Å². The van der Waals surface area contributed by atoms with Gasteiger partial charge in [0.1, 0.15) is 11.4 Å². The van der Waals surface area contributed by atoms with Crippen molar-refractivity contribution in [3.05, 3.63) is 71.9 Å². The molecular weight excluding hydrogens is 434 g/mol. The Morgan fingerprint density at radius 2 is 2.17 bits per heavy atom. The summed E-state index contributed by atoms with van der Waals surface area (Å²) in [6.07, 6.45) is 3.46. The van der Waals surface area contributed by atoms with Crippen LogP contribution in [0.2, 0.25) is 0 Å². The van der Waals surface area contributed by atoms with E-state index in [2.05, 4.69) is 22.9 Å². The zero-order chi connectivity index (χ0) is 21.1. The molecular formula is C22H19N3O2S3. The number of thiocarbonyl (C=S) groups is 1. The topological polar surface area (TPSA) is 54.5 Å². The van der Waals surface area contributed by atoms with Crippen LogP contribution in [0.15, 0.2) is 65.2 Å². The molecule has 4 rings (SSSR count). The maximum absolute atomic E-state index is 12.5. The van der Waals surface area contributed by atoms with E-state index in [9.17, 15) is 4.79 Å². The molecule has 1 aromatic heterocycles. The van der Waals surface area contributed by atoms with Crippen molar-refractivity contribution < 1.29 is 9.53 Å². The standard InChI is InChI=1S/C22H19N3O2S3/c1-3-10-25-20(26)17(23-21(25)28)12-14-8-9-18(27-2)15(11-14)13-29-22-24-16-6-4-5-7-19(16)30-22/h3-9,11-12H,1,10,13H2,2H3,(H,23,28)/b17-12+. The van der Waals surface area contributed by atoms with E-state index in [0.29, 0.717) is 23.1 Å². The number of methoxy groups -OCH3 is 1. The summed E-state index contributed by atoms with van der Waals surface area (Å²) >= 11 is 8.60. The molecule has 0 atom stereocenters. The van der Waals surface area contributed by atoms with Gasteiger partial charge in [0.05, 0.1) is 17.3 Å². The Labute approximate surface area is 188 Å². The van der Waals surface area contributed by atoms with Gasteiger partial charge in [0, 0.05) is 17.9 Å². The van der Waals surface area contributed by atoms with Crippen molar-refractivity contribution in [2.75, 3.05) is 13.7 Å². The largest absolute Gasteiger partial charge is 0.496 e. The summed E-state index contributed by atoms with van der Waals surface area (Å²) in [4.78, 5) is 18.7. The zero-order valence-corrected chi connectivity index (χ0v) is 18.7. The smallest absolute Gasteiger partial charge is 0.276 e. The molecule has 2 heterocycles. The van der Waals surface area contributed by atoms with Gasteiger partial charge in [-0.2, -0.15) is 0 Å². The van der Waals surface area contributed by atoms with E-state index in [1.165, 1.54) is 9.60 Å². The first-order chi connectivity index (χ1) is 14.6. The molecule has 1 N–H and O–H groups in total. The molecule has 1 aliphatic rings. The third-order valence-electron chi connectivity index (χ3n) is 4.51. The number of carbonyl (C=O) groups is 1. The van der Waals surface area contributed by atoms with E-state index in [0.717, 1.165) is 26.7 Å². The third kappa shape index (κ3) is 4.26. The molecule has 1 amide bonds. The molecule has 0 bridgehead atoms. The number of hydrogen-bond acceptors (Lipinski definition) is 6. The number of ether oxygens (including phenoxy) is 1. The van der Waals surface area contributed by atoms with Crippen molar-refractivity contribution in [2.24, 2.45) is 0 Å². The normalized spacial score (nSPS) is 15.1. The minimum atomic E-state index is -0.152. The van der Waals surface area contributed by atoms with E-state index < -0.39 is 0 Å². The van der Waals surface area contributed by atoms with Gasteiger partial charge in [0.2, 0.25) is 0 Å². The van der Waals surface area contributed by atoms with E-state index in [1.54, 1.807) is 36.3 Å². The van der Waals surface area contributed by atoms with Crippen LogP contribution in [0.4, 0.5) is 0 Å². The average molecular weight is 454 g/mol. The zero-order valence-electron chi connectivity index (χ0n) is 16.3. The van der Waals surface area contributed by atoms with Crippen molar-refractivity contribution in [3.8, 4) is 5.75 Å². The van der Waals surface area contributed by atoms with Crippen LogP contribution < -0.4 is 10.1 Å². The molecule has 1 fully saturated rings. The lowest BCUT2D eigenvalue weighted by Crippen LogP contribution is -2.30. The number of rotatable bonds is 7. The van der Waals surface area contributed by atoms with E-state index in [-0.39, 0.29) is 5.91 Å². The summed E-state index contributed by atoms with van der Waals surface area (Å²) in [6, 6.07) is 14.0. The van der Waals surface area contributed by atoms with Crippen LogP contribution >= 0.6 is 35.3 Å². The molecule has 0 saturated carbocycles. The average Bonchev–Trinajstić information content (AvgIpc) is 3.28. The van der Waals surface area contributed by atoms with E-state index in [4.69, 9.17) is 17.0 Å². The fraction of sp³-hybridized carbons (Fsp3) is 0.136.